The van der Waals surface area contributed by atoms with E-state index < -0.39 is 0 Å². The fourth-order valence-electron chi connectivity index (χ4n) is 1.43. The molecule has 1 heterocycles. The van der Waals surface area contributed by atoms with Gasteiger partial charge in [-0.2, -0.15) is 0 Å². The van der Waals surface area contributed by atoms with Crippen molar-refractivity contribution in [3.63, 3.8) is 0 Å². The van der Waals surface area contributed by atoms with E-state index in [0.717, 1.165) is 0 Å². The monoisotopic (exact) mass is 153 g/mol. The van der Waals surface area contributed by atoms with Gasteiger partial charge in [0.2, 0.25) is 6.33 Å². The maximum absolute atomic E-state index is 3.07. The molecular weight excluding hydrogens is 136 g/mol. The third kappa shape index (κ3) is 2.07. The van der Waals surface area contributed by atoms with Crippen LogP contribution < -0.4 is 4.57 Å². The number of aromatic nitrogens is 2. The number of H-pyrrole nitrogens is 1. The minimum absolute atomic E-state index is 0.686. The molecule has 0 saturated carbocycles. The summed E-state index contributed by atoms with van der Waals surface area (Å²) in [6.07, 6.45) is 9.86. The lowest BCUT2D eigenvalue weighted by atomic mass is 10.1. The van der Waals surface area contributed by atoms with Crippen LogP contribution >= 0.6 is 0 Å². The van der Waals surface area contributed by atoms with Crippen LogP contribution in [0, 0.1) is 0 Å². The molecule has 0 spiro atoms. The highest BCUT2D eigenvalue weighted by Crippen LogP contribution is 2.08. The smallest absolute Gasteiger partial charge is 0.241 e. The molecule has 1 aromatic rings. The number of hydrogen-bond acceptors (Lipinski definition) is 0. The van der Waals surface area contributed by atoms with Crippen LogP contribution in [0.4, 0.5) is 0 Å². The lowest BCUT2D eigenvalue weighted by Crippen LogP contribution is -2.36. The summed E-state index contributed by atoms with van der Waals surface area (Å²) in [6, 6.07) is 0.686. The summed E-state index contributed by atoms with van der Waals surface area (Å²) in [5, 5.41) is 0. The molecule has 0 amide bonds. The topological polar surface area (TPSA) is 19.7 Å². The summed E-state index contributed by atoms with van der Waals surface area (Å²) in [5.41, 5.74) is 0. The van der Waals surface area contributed by atoms with E-state index in [-0.39, 0.29) is 0 Å². The molecular formula is C9H17N2+. The van der Waals surface area contributed by atoms with Gasteiger partial charge in [-0.05, 0) is 12.8 Å². The molecule has 0 aliphatic rings. The number of nitrogens with one attached hydrogen (secondary N) is 1. The molecule has 1 unspecified atom stereocenters. The Kier molecular flexibility index (Phi) is 3.14. The summed E-state index contributed by atoms with van der Waals surface area (Å²) < 4.78 is 2.25. The van der Waals surface area contributed by atoms with Crippen molar-refractivity contribution in [3.8, 4) is 0 Å². The standard InChI is InChI=1S/C9H16N2/c1-3-5-9(4-2)11-7-6-10-8-11/h6-9H,3-5H2,1-2H3/p+1. The van der Waals surface area contributed by atoms with Crippen LogP contribution in [0.5, 0.6) is 0 Å². The number of nitrogens with zero attached hydrogens (tertiary/aromatic N) is 1. The van der Waals surface area contributed by atoms with Crippen molar-refractivity contribution in [2.24, 2.45) is 0 Å². The van der Waals surface area contributed by atoms with Gasteiger partial charge in [0.25, 0.3) is 0 Å². The first-order chi connectivity index (χ1) is 5.38. The molecule has 1 rings (SSSR count). The van der Waals surface area contributed by atoms with E-state index in [0.29, 0.717) is 6.04 Å². The van der Waals surface area contributed by atoms with Crippen LogP contribution in [-0.2, 0) is 0 Å². The van der Waals surface area contributed by atoms with E-state index >= 15 is 0 Å². The van der Waals surface area contributed by atoms with Gasteiger partial charge in [-0.25, -0.2) is 4.57 Å². The van der Waals surface area contributed by atoms with E-state index in [4.69, 9.17) is 0 Å². The highest BCUT2D eigenvalue weighted by atomic mass is 15.0. The summed E-state index contributed by atoms with van der Waals surface area (Å²) in [6.45, 7) is 4.47. The van der Waals surface area contributed by atoms with Crippen LogP contribution in [0.15, 0.2) is 18.7 Å². The van der Waals surface area contributed by atoms with Gasteiger partial charge >= 0.3 is 0 Å². The Morgan fingerprint density at radius 3 is 2.73 bits per heavy atom. The van der Waals surface area contributed by atoms with E-state index in [2.05, 4.69) is 29.6 Å². The van der Waals surface area contributed by atoms with E-state index in [1.165, 1.54) is 19.3 Å². The molecule has 0 radical (unpaired) electrons. The van der Waals surface area contributed by atoms with Crippen LogP contribution in [0.2, 0.25) is 0 Å². The maximum atomic E-state index is 3.07. The highest BCUT2D eigenvalue weighted by Gasteiger charge is 2.10. The van der Waals surface area contributed by atoms with Crippen LogP contribution in [-0.4, -0.2) is 4.98 Å². The van der Waals surface area contributed by atoms with Crippen molar-refractivity contribution in [1.82, 2.24) is 4.98 Å². The summed E-state index contributed by atoms with van der Waals surface area (Å²) >= 11 is 0. The van der Waals surface area contributed by atoms with E-state index in [1.54, 1.807) is 0 Å². The van der Waals surface area contributed by atoms with Gasteiger partial charge < -0.3 is 0 Å². The molecule has 2 heteroatoms. The second-order valence-corrected chi connectivity index (χ2v) is 2.91. The van der Waals surface area contributed by atoms with Gasteiger partial charge in [0.1, 0.15) is 18.4 Å². The van der Waals surface area contributed by atoms with Crippen molar-refractivity contribution in [1.29, 1.82) is 0 Å². The largest absolute Gasteiger partial charge is 0.250 e. The van der Waals surface area contributed by atoms with Gasteiger partial charge in [0.05, 0.1) is 0 Å². The Bertz CT molecular complexity index is 179. The number of imidazole rings is 1. The molecule has 2 nitrogen and oxygen atoms in total. The van der Waals surface area contributed by atoms with Crippen LogP contribution in [0.3, 0.4) is 0 Å². The first kappa shape index (κ1) is 8.31. The first-order valence-electron chi connectivity index (χ1n) is 4.42. The predicted octanol–water partition coefficient (Wildman–Crippen LogP) is 2.05. The molecule has 11 heavy (non-hydrogen) atoms. The van der Waals surface area contributed by atoms with Crippen molar-refractivity contribution in [2.75, 3.05) is 0 Å². The Morgan fingerprint density at radius 2 is 2.27 bits per heavy atom. The summed E-state index contributed by atoms with van der Waals surface area (Å²) in [7, 11) is 0. The zero-order chi connectivity index (χ0) is 8.10. The SMILES string of the molecule is CCCC(CC)[n+]1cc[nH]c1. The first-order valence-corrected chi connectivity index (χ1v) is 4.42. The summed E-state index contributed by atoms with van der Waals surface area (Å²) in [4.78, 5) is 3.07. The molecule has 0 fully saturated rings. The molecule has 0 aliphatic carbocycles. The molecule has 0 saturated heterocycles. The Morgan fingerprint density at radius 1 is 1.45 bits per heavy atom. The lowest BCUT2D eigenvalue weighted by molar-refractivity contribution is -0.722. The van der Waals surface area contributed by atoms with Gasteiger partial charge in [-0.1, -0.05) is 20.3 Å². The van der Waals surface area contributed by atoms with Gasteiger partial charge in [-0.15, -0.1) is 0 Å². The van der Waals surface area contributed by atoms with Gasteiger partial charge in [0.15, 0.2) is 0 Å². The fraction of sp³-hybridized carbons (Fsp3) is 0.667. The summed E-state index contributed by atoms with van der Waals surface area (Å²) in [5.74, 6) is 0. The van der Waals surface area contributed by atoms with Gasteiger partial charge in [0, 0.05) is 0 Å². The zero-order valence-corrected chi connectivity index (χ0v) is 7.38. The molecule has 0 bridgehead atoms. The predicted molar refractivity (Wildman–Crippen MR) is 45.2 cm³/mol. The number of hydrogen-bond donors (Lipinski definition) is 1. The Balaban J connectivity index is 2.56. The molecule has 62 valence electrons. The van der Waals surface area contributed by atoms with Crippen LogP contribution in [0.25, 0.3) is 0 Å². The number of aromatic amines is 1. The second-order valence-electron chi connectivity index (χ2n) is 2.91. The number of rotatable bonds is 4. The molecule has 1 aromatic heterocycles. The van der Waals surface area contributed by atoms with Crippen molar-refractivity contribution in [3.05, 3.63) is 18.7 Å². The molecule has 0 aromatic carbocycles. The maximum Gasteiger partial charge on any atom is 0.241 e. The lowest BCUT2D eigenvalue weighted by Gasteiger charge is -2.08. The third-order valence-corrected chi connectivity index (χ3v) is 2.08. The molecule has 1 atom stereocenters. The zero-order valence-electron chi connectivity index (χ0n) is 7.38. The average molecular weight is 153 g/mol. The average Bonchev–Trinajstić information content (AvgIpc) is 2.52. The Labute approximate surface area is 68.3 Å². The second kappa shape index (κ2) is 4.16. The Hall–Kier alpha value is -0.790. The van der Waals surface area contributed by atoms with Crippen molar-refractivity contribution >= 4 is 0 Å². The van der Waals surface area contributed by atoms with Crippen molar-refractivity contribution < 1.29 is 4.57 Å². The molecule has 0 aliphatic heterocycles. The van der Waals surface area contributed by atoms with Gasteiger partial charge in [-0.3, -0.25) is 4.98 Å². The van der Waals surface area contributed by atoms with Crippen LogP contribution in [0.1, 0.15) is 39.2 Å². The van der Waals surface area contributed by atoms with E-state index in [1.807, 2.05) is 12.5 Å². The van der Waals surface area contributed by atoms with E-state index in [9.17, 15) is 0 Å². The molecule has 1 N–H and O–H groups in total. The van der Waals surface area contributed by atoms with Crippen molar-refractivity contribution in [2.45, 2.75) is 39.2 Å². The normalized spacial score (nSPS) is 13.3. The fourth-order valence-corrected chi connectivity index (χ4v) is 1.43. The quantitative estimate of drug-likeness (QED) is 0.639. The minimum Gasteiger partial charge on any atom is -0.250 e. The minimum atomic E-state index is 0.686. The highest BCUT2D eigenvalue weighted by molar-refractivity contribution is 4.59. The third-order valence-electron chi connectivity index (χ3n) is 2.08.